The summed E-state index contributed by atoms with van der Waals surface area (Å²) in [6.07, 6.45) is 0.954. The highest BCUT2D eigenvalue weighted by Gasteiger charge is 2.18. The van der Waals surface area contributed by atoms with Gasteiger partial charge in [-0.15, -0.1) is 0 Å². The lowest BCUT2D eigenvalue weighted by atomic mass is 10.1. The number of nitrogens with zero attached hydrogens (tertiary/aromatic N) is 1. The standard InChI is InChI=1S/C14H20N2O3/c1-10(2)15-13-5-3-4-12(16-13)14(17)19-9-11-6-7-18-8-11/h3-5,10-11H,6-9H2,1-2H3,(H,15,16). The van der Waals surface area contributed by atoms with Crippen molar-refractivity contribution in [3.63, 3.8) is 0 Å². The molecule has 5 nitrogen and oxygen atoms in total. The van der Waals surface area contributed by atoms with Crippen LogP contribution in [0.15, 0.2) is 18.2 Å². The second-order valence-electron chi connectivity index (χ2n) is 5.04. The molecule has 0 amide bonds. The predicted octanol–water partition coefficient (Wildman–Crippen LogP) is 2.10. The lowest BCUT2D eigenvalue weighted by Gasteiger charge is -2.11. The minimum atomic E-state index is -0.376. The molecule has 104 valence electrons. The van der Waals surface area contributed by atoms with E-state index in [1.54, 1.807) is 12.1 Å². The molecule has 1 fully saturated rings. The van der Waals surface area contributed by atoms with Gasteiger partial charge < -0.3 is 14.8 Å². The topological polar surface area (TPSA) is 60.5 Å². The smallest absolute Gasteiger partial charge is 0.357 e. The maximum atomic E-state index is 11.9. The van der Waals surface area contributed by atoms with Crippen LogP contribution < -0.4 is 5.32 Å². The van der Waals surface area contributed by atoms with E-state index in [0.29, 0.717) is 30.6 Å². The van der Waals surface area contributed by atoms with E-state index in [9.17, 15) is 4.79 Å². The Bertz CT molecular complexity index is 428. The van der Waals surface area contributed by atoms with E-state index < -0.39 is 0 Å². The van der Waals surface area contributed by atoms with Gasteiger partial charge in [-0.05, 0) is 32.4 Å². The Morgan fingerprint density at radius 1 is 1.58 bits per heavy atom. The van der Waals surface area contributed by atoms with Crippen LogP contribution >= 0.6 is 0 Å². The second kappa shape index (κ2) is 6.52. The summed E-state index contributed by atoms with van der Waals surface area (Å²) in [6.45, 7) is 5.88. The number of pyridine rings is 1. The summed E-state index contributed by atoms with van der Waals surface area (Å²) in [6, 6.07) is 5.57. The van der Waals surface area contributed by atoms with Gasteiger partial charge in [0.25, 0.3) is 0 Å². The lowest BCUT2D eigenvalue weighted by molar-refractivity contribution is 0.0421. The van der Waals surface area contributed by atoms with Crippen LogP contribution in [0, 0.1) is 5.92 Å². The minimum Gasteiger partial charge on any atom is -0.461 e. The molecule has 0 spiro atoms. The first-order valence-corrected chi connectivity index (χ1v) is 6.63. The molecule has 1 unspecified atom stereocenters. The van der Waals surface area contributed by atoms with Crippen molar-refractivity contribution in [1.82, 2.24) is 4.98 Å². The first-order chi connectivity index (χ1) is 9.15. The van der Waals surface area contributed by atoms with Gasteiger partial charge >= 0.3 is 5.97 Å². The Morgan fingerprint density at radius 3 is 3.11 bits per heavy atom. The highest BCUT2D eigenvalue weighted by Crippen LogP contribution is 2.14. The molecule has 0 aliphatic carbocycles. The Balaban J connectivity index is 1.90. The van der Waals surface area contributed by atoms with Gasteiger partial charge in [0.05, 0.1) is 13.2 Å². The SMILES string of the molecule is CC(C)Nc1cccc(C(=O)OCC2CCOC2)n1. The Morgan fingerprint density at radius 2 is 2.42 bits per heavy atom. The van der Waals surface area contributed by atoms with Crippen LogP contribution in [0.4, 0.5) is 5.82 Å². The van der Waals surface area contributed by atoms with Crippen LogP contribution in [0.5, 0.6) is 0 Å². The zero-order valence-electron chi connectivity index (χ0n) is 11.4. The average molecular weight is 264 g/mol. The summed E-state index contributed by atoms with van der Waals surface area (Å²) in [5, 5.41) is 3.16. The van der Waals surface area contributed by atoms with E-state index in [1.807, 2.05) is 19.9 Å². The molecule has 1 aromatic rings. The molecule has 1 aliphatic rings. The van der Waals surface area contributed by atoms with Crippen LogP contribution in [-0.2, 0) is 9.47 Å². The fourth-order valence-corrected chi connectivity index (χ4v) is 1.91. The number of hydrogen-bond donors (Lipinski definition) is 1. The predicted molar refractivity (Wildman–Crippen MR) is 72.2 cm³/mol. The third-order valence-electron chi connectivity index (χ3n) is 2.87. The van der Waals surface area contributed by atoms with Crippen LogP contribution in [0.25, 0.3) is 0 Å². The zero-order chi connectivity index (χ0) is 13.7. The monoisotopic (exact) mass is 264 g/mol. The van der Waals surface area contributed by atoms with Crippen molar-refractivity contribution < 1.29 is 14.3 Å². The molecule has 1 N–H and O–H groups in total. The molecule has 0 aromatic carbocycles. The first-order valence-electron chi connectivity index (χ1n) is 6.63. The summed E-state index contributed by atoms with van der Waals surface area (Å²) < 4.78 is 10.5. The van der Waals surface area contributed by atoms with Gasteiger partial charge in [-0.1, -0.05) is 6.07 Å². The number of anilines is 1. The van der Waals surface area contributed by atoms with E-state index in [-0.39, 0.29) is 12.0 Å². The van der Waals surface area contributed by atoms with Crippen LogP contribution in [0.3, 0.4) is 0 Å². The first kappa shape index (κ1) is 13.8. The van der Waals surface area contributed by atoms with Crippen molar-refractivity contribution in [1.29, 1.82) is 0 Å². The van der Waals surface area contributed by atoms with Gasteiger partial charge in [0.1, 0.15) is 5.82 Å². The lowest BCUT2D eigenvalue weighted by Crippen LogP contribution is -2.16. The van der Waals surface area contributed by atoms with Crippen molar-refractivity contribution in [2.45, 2.75) is 26.3 Å². The summed E-state index contributed by atoms with van der Waals surface area (Å²) >= 11 is 0. The van der Waals surface area contributed by atoms with E-state index in [0.717, 1.165) is 13.0 Å². The molecule has 1 atom stereocenters. The highest BCUT2D eigenvalue weighted by molar-refractivity contribution is 5.87. The quantitative estimate of drug-likeness (QED) is 0.825. The molecule has 2 heterocycles. The molecular formula is C14H20N2O3. The third-order valence-corrected chi connectivity index (χ3v) is 2.87. The maximum Gasteiger partial charge on any atom is 0.357 e. The van der Waals surface area contributed by atoms with E-state index >= 15 is 0 Å². The molecule has 0 saturated carbocycles. The molecule has 5 heteroatoms. The molecular weight excluding hydrogens is 244 g/mol. The number of nitrogens with one attached hydrogen (secondary N) is 1. The van der Waals surface area contributed by atoms with Crippen molar-refractivity contribution >= 4 is 11.8 Å². The summed E-state index contributed by atoms with van der Waals surface area (Å²) in [4.78, 5) is 16.1. The molecule has 1 aliphatic heterocycles. The van der Waals surface area contributed by atoms with Crippen LogP contribution in [0.1, 0.15) is 30.8 Å². The van der Waals surface area contributed by atoms with Gasteiger partial charge in [0, 0.05) is 18.6 Å². The maximum absolute atomic E-state index is 11.9. The molecule has 0 radical (unpaired) electrons. The highest BCUT2D eigenvalue weighted by atomic mass is 16.5. The number of aromatic nitrogens is 1. The van der Waals surface area contributed by atoms with Crippen LogP contribution in [0.2, 0.25) is 0 Å². The number of carbonyl (C=O) groups excluding carboxylic acids is 1. The van der Waals surface area contributed by atoms with Gasteiger partial charge in [0.15, 0.2) is 5.69 Å². The second-order valence-corrected chi connectivity index (χ2v) is 5.04. The van der Waals surface area contributed by atoms with Crippen molar-refractivity contribution in [3.05, 3.63) is 23.9 Å². The molecule has 2 rings (SSSR count). The summed E-state index contributed by atoms with van der Waals surface area (Å²) in [5.74, 6) is 0.633. The Kier molecular flexibility index (Phi) is 4.74. The fraction of sp³-hybridized carbons (Fsp3) is 0.571. The minimum absolute atomic E-state index is 0.273. The summed E-state index contributed by atoms with van der Waals surface area (Å²) in [7, 11) is 0. The Labute approximate surface area is 113 Å². The van der Waals surface area contributed by atoms with Gasteiger partial charge in [-0.3, -0.25) is 0 Å². The number of ether oxygens (including phenoxy) is 2. The van der Waals surface area contributed by atoms with Crippen molar-refractivity contribution in [3.8, 4) is 0 Å². The largest absolute Gasteiger partial charge is 0.461 e. The van der Waals surface area contributed by atoms with Crippen molar-refractivity contribution in [2.75, 3.05) is 25.1 Å². The molecule has 0 bridgehead atoms. The molecule has 19 heavy (non-hydrogen) atoms. The number of carbonyl (C=O) groups is 1. The van der Waals surface area contributed by atoms with Gasteiger partial charge in [0.2, 0.25) is 0 Å². The number of hydrogen-bond acceptors (Lipinski definition) is 5. The van der Waals surface area contributed by atoms with Gasteiger partial charge in [-0.2, -0.15) is 0 Å². The average Bonchev–Trinajstić information content (AvgIpc) is 2.88. The third kappa shape index (κ3) is 4.21. The summed E-state index contributed by atoms with van der Waals surface area (Å²) in [5.41, 5.74) is 0.338. The number of esters is 1. The van der Waals surface area contributed by atoms with E-state index in [1.165, 1.54) is 0 Å². The molecule has 1 aromatic heterocycles. The number of rotatable bonds is 5. The van der Waals surface area contributed by atoms with E-state index in [2.05, 4.69) is 10.3 Å². The van der Waals surface area contributed by atoms with Crippen LogP contribution in [-0.4, -0.2) is 36.8 Å². The van der Waals surface area contributed by atoms with E-state index in [4.69, 9.17) is 9.47 Å². The fourth-order valence-electron chi connectivity index (χ4n) is 1.91. The normalized spacial score (nSPS) is 18.6. The zero-order valence-corrected chi connectivity index (χ0v) is 11.4. The van der Waals surface area contributed by atoms with Crippen molar-refractivity contribution in [2.24, 2.45) is 5.92 Å². The van der Waals surface area contributed by atoms with Gasteiger partial charge in [-0.25, -0.2) is 9.78 Å². The molecule has 1 saturated heterocycles. The Hall–Kier alpha value is -1.62.